The Balaban J connectivity index is 0.00000264. The zero-order valence-electron chi connectivity index (χ0n) is 13.9. The summed E-state index contributed by atoms with van der Waals surface area (Å²) in [5, 5.41) is 9.12. The van der Waals surface area contributed by atoms with Gasteiger partial charge in [-0.3, -0.25) is 14.7 Å². The van der Waals surface area contributed by atoms with Gasteiger partial charge >= 0.3 is 6.03 Å². The predicted octanol–water partition coefficient (Wildman–Crippen LogP) is 1.29. The van der Waals surface area contributed by atoms with E-state index in [1.807, 2.05) is 0 Å². The average Bonchev–Trinajstić information content (AvgIpc) is 2.86. The molecule has 23 heavy (non-hydrogen) atoms. The fraction of sp³-hybridized carbons (Fsp3) is 0.800. The number of nitrogens with one attached hydrogen (secondary N) is 3. The van der Waals surface area contributed by atoms with Crippen LogP contribution in [0.1, 0.15) is 39.0 Å². The van der Waals surface area contributed by atoms with Crippen LogP contribution in [-0.4, -0.2) is 55.5 Å². The van der Waals surface area contributed by atoms with E-state index in [-0.39, 0.29) is 42.5 Å². The second-order valence-corrected chi connectivity index (χ2v) is 5.97. The molecule has 3 N–H and O–H groups in total. The van der Waals surface area contributed by atoms with Crippen LogP contribution >= 0.6 is 24.0 Å². The maximum atomic E-state index is 11.5. The van der Waals surface area contributed by atoms with E-state index in [1.54, 1.807) is 7.05 Å². The number of hydrogen-bond acceptors (Lipinski definition) is 3. The van der Waals surface area contributed by atoms with Gasteiger partial charge in [0.25, 0.3) is 0 Å². The number of guanidine groups is 1. The first-order chi connectivity index (χ1) is 10.6. The zero-order chi connectivity index (χ0) is 15.9. The highest BCUT2D eigenvalue weighted by Gasteiger charge is 2.27. The smallest absolute Gasteiger partial charge is 0.324 e. The quantitative estimate of drug-likeness (QED) is 0.262. The third-order valence-corrected chi connectivity index (χ3v) is 4.55. The van der Waals surface area contributed by atoms with Crippen molar-refractivity contribution in [2.24, 2.45) is 10.9 Å². The molecule has 1 saturated heterocycles. The van der Waals surface area contributed by atoms with Gasteiger partial charge in [0.2, 0.25) is 5.91 Å². The Morgan fingerprint density at radius 3 is 2.52 bits per heavy atom. The lowest BCUT2D eigenvalue weighted by Gasteiger charge is -2.29. The number of rotatable bonds is 5. The summed E-state index contributed by atoms with van der Waals surface area (Å²) in [6, 6.07) is 0.151. The molecule has 7 nitrogen and oxygen atoms in total. The van der Waals surface area contributed by atoms with Crippen LogP contribution in [-0.2, 0) is 4.79 Å². The topological polar surface area (TPSA) is 85.8 Å². The summed E-state index contributed by atoms with van der Waals surface area (Å²) in [6.45, 7) is 3.22. The number of halogens is 1. The number of urea groups is 1. The maximum absolute atomic E-state index is 11.5. The second-order valence-electron chi connectivity index (χ2n) is 5.97. The Labute approximate surface area is 155 Å². The number of amides is 3. The van der Waals surface area contributed by atoms with Crippen molar-refractivity contribution in [3.05, 3.63) is 0 Å². The van der Waals surface area contributed by atoms with Crippen LogP contribution in [0.15, 0.2) is 4.99 Å². The summed E-state index contributed by atoms with van der Waals surface area (Å²) in [6.07, 6.45) is 6.16. The number of carbonyl (C=O) groups excluding carboxylic acids is 2. The zero-order valence-corrected chi connectivity index (χ0v) is 16.3. The largest absolute Gasteiger partial charge is 0.355 e. The van der Waals surface area contributed by atoms with Gasteiger partial charge in [0.05, 0.1) is 6.54 Å². The minimum Gasteiger partial charge on any atom is -0.355 e. The van der Waals surface area contributed by atoms with Gasteiger partial charge in [0, 0.05) is 26.2 Å². The van der Waals surface area contributed by atoms with Crippen LogP contribution in [0.5, 0.6) is 0 Å². The SMILES string of the molecule is CCC1CCC(NC(=NC)NCCN2C(=O)CNC2=O)CC1.I. The van der Waals surface area contributed by atoms with Crippen LogP contribution < -0.4 is 16.0 Å². The first-order valence-corrected chi connectivity index (χ1v) is 8.19. The van der Waals surface area contributed by atoms with Gasteiger partial charge in [-0.15, -0.1) is 24.0 Å². The minimum atomic E-state index is -0.312. The normalized spacial score (nSPS) is 25.0. The molecule has 0 bridgehead atoms. The fourth-order valence-corrected chi connectivity index (χ4v) is 3.07. The third kappa shape index (κ3) is 5.82. The van der Waals surface area contributed by atoms with E-state index in [2.05, 4.69) is 27.9 Å². The molecule has 132 valence electrons. The lowest BCUT2D eigenvalue weighted by Crippen LogP contribution is -2.47. The Hall–Kier alpha value is -1.06. The van der Waals surface area contributed by atoms with Crippen LogP contribution in [0.25, 0.3) is 0 Å². The van der Waals surface area contributed by atoms with Crippen molar-refractivity contribution in [2.75, 3.05) is 26.7 Å². The molecule has 0 aromatic carbocycles. The molecular formula is C15H28IN5O2. The summed E-state index contributed by atoms with van der Waals surface area (Å²) >= 11 is 0. The molecule has 3 amide bonds. The Kier molecular flexibility index (Phi) is 8.64. The molecule has 2 aliphatic rings. The van der Waals surface area contributed by atoms with E-state index < -0.39 is 0 Å². The van der Waals surface area contributed by atoms with Crippen LogP contribution in [0.2, 0.25) is 0 Å². The van der Waals surface area contributed by atoms with Gasteiger partial charge in [-0.25, -0.2) is 4.79 Å². The van der Waals surface area contributed by atoms with Crippen LogP contribution in [0.4, 0.5) is 4.79 Å². The molecule has 1 heterocycles. The number of aliphatic imine (C=N–C) groups is 1. The molecule has 0 atom stereocenters. The van der Waals surface area contributed by atoms with Crippen molar-refractivity contribution >= 4 is 41.9 Å². The first-order valence-electron chi connectivity index (χ1n) is 8.19. The fourth-order valence-electron chi connectivity index (χ4n) is 3.07. The number of hydrogen-bond donors (Lipinski definition) is 3. The van der Waals surface area contributed by atoms with Gasteiger partial charge in [-0.2, -0.15) is 0 Å². The van der Waals surface area contributed by atoms with Gasteiger partial charge in [0.1, 0.15) is 0 Å². The van der Waals surface area contributed by atoms with Crippen molar-refractivity contribution < 1.29 is 9.59 Å². The molecule has 1 saturated carbocycles. The molecule has 0 radical (unpaired) electrons. The van der Waals surface area contributed by atoms with Gasteiger partial charge in [-0.1, -0.05) is 13.3 Å². The molecule has 0 spiro atoms. The molecule has 0 aromatic rings. The lowest BCUT2D eigenvalue weighted by molar-refractivity contribution is -0.124. The Morgan fingerprint density at radius 1 is 1.30 bits per heavy atom. The highest BCUT2D eigenvalue weighted by atomic mass is 127. The summed E-state index contributed by atoms with van der Waals surface area (Å²) in [5.74, 6) is 1.44. The van der Waals surface area contributed by atoms with Crippen molar-refractivity contribution in [3.63, 3.8) is 0 Å². The number of carbonyl (C=O) groups is 2. The van der Waals surface area contributed by atoms with Crippen LogP contribution in [0.3, 0.4) is 0 Å². The third-order valence-electron chi connectivity index (χ3n) is 4.55. The molecule has 1 aliphatic carbocycles. The van der Waals surface area contributed by atoms with E-state index >= 15 is 0 Å². The molecule has 8 heteroatoms. The Bertz CT molecular complexity index is 420. The van der Waals surface area contributed by atoms with E-state index in [0.29, 0.717) is 19.1 Å². The first kappa shape index (κ1) is 20.0. The van der Waals surface area contributed by atoms with Crippen molar-refractivity contribution in [2.45, 2.75) is 45.1 Å². The molecule has 2 rings (SSSR count). The van der Waals surface area contributed by atoms with Crippen LogP contribution in [0, 0.1) is 5.92 Å². The molecule has 0 aromatic heterocycles. The summed E-state index contributed by atoms with van der Waals surface area (Å²) < 4.78 is 0. The van der Waals surface area contributed by atoms with E-state index in [9.17, 15) is 9.59 Å². The molecular weight excluding hydrogens is 409 g/mol. The minimum absolute atomic E-state index is 0. The van der Waals surface area contributed by atoms with Gasteiger partial charge < -0.3 is 16.0 Å². The lowest BCUT2D eigenvalue weighted by atomic mass is 9.84. The predicted molar refractivity (Wildman–Crippen MR) is 101 cm³/mol. The molecule has 2 fully saturated rings. The van der Waals surface area contributed by atoms with Gasteiger partial charge in [-0.05, 0) is 31.6 Å². The van der Waals surface area contributed by atoms with E-state index in [0.717, 1.165) is 11.9 Å². The maximum Gasteiger partial charge on any atom is 0.324 e. The van der Waals surface area contributed by atoms with Gasteiger partial charge in [0.15, 0.2) is 5.96 Å². The second kappa shape index (κ2) is 9.94. The van der Waals surface area contributed by atoms with Crippen molar-refractivity contribution in [1.29, 1.82) is 0 Å². The summed E-state index contributed by atoms with van der Waals surface area (Å²) in [4.78, 5) is 28.3. The van der Waals surface area contributed by atoms with Crippen molar-refractivity contribution in [1.82, 2.24) is 20.9 Å². The standard InChI is InChI=1S/C15H27N5O2.HI/c1-3-11-4-6-12(7-5-11)19-14(16-2)17-8-9-20-13(21)10-18-15(20)22;/h11-12H,3-10H2,1-2H3,(H,18,22)(H2,16,17,19);1H. The van der Waals surface area contributed by atoms with Crippen molar-refractivity contribution in [3.8, 4) is 0 Å². The summed E-state index contributed by atoms with van der Waals surface area (Å²) in [5.41, 5.74) is 0. The summed E-state index contributed by atoms with van der Waals surface area (Å²) in [7, 11) is 1.74. The number of imide groups is 1. The molecule has 0 unspecified atom stereocenters. The molecule has 1 aliphatic heterocycles. The monoisotopic (exact) mass is 437 g/mol. The van der Waals surface area contributed by atoms with E-state index in [1.165, 1.54) is 37.0 Å². The van der Waals surface area contributed by atoms with E-state index in [4.69, 9.17) is 0 Å². The average molecular weight is 437 g/mol. The Morgan fingerprint density at radius 2 is 2.00 bits per heavy atom. The highest BCUT2D eigenvalue weighted by molar-refractivity contribution is 14.0. The number of nitrogens with zero attached hydrogens (tertiary/aromatic N) is 2. The highest BCUT2D eigenvalue weighted by Crippen LogP contribution is 2.26.